The van der Waals surface area contributed by atoms with E-state index >= 15 is 0 Å². The second-order valence-electron chi connectivity index (χ2n) is 4.68. The molecule has 6 nitrogen and oxygen atoms in total. The number of hydrogen-bond donors (Lipinski definition) is 0. The zero-order valence-corrected chi connectivity index (χ0v) is 11.7. The number of nitrogens with zero attached hydrogens (tertiary/aromatic N) is 2. The standard InChI is InChI=1S/C14H16N2O4/c1-4-20-13(17)8-14(3,9-15)12-7-11(16(18)19)6-5-10(12)2/h5-7H,4,8H2,1-3H3. The highest BCUT2D eigenvalue weighted by atomic mass is 16.6. The molecule has 0 N–H and O–H groups in total. The molecule has 0 spiro atoms. The van der Waals surface area contributed by atoms with Crippen molar-refractivity contribution in [3.8, 4) is 6.07 Å². The van der Waals surface area contributed by atoms with Gasteiger partial charge in [-0.3, -0.25) is 14.9 Å². The molecule has 0 aromatic heterocycles. The van der Waals surface area contributed by atoms with Crippen LogP contribution >= 0.6 is 0 Å². The van der Waals surface area contributed by atoms with Crippen LogP contribution in [-0.2, 0) is 14.9 Å². The highest BCUT2D eigenvalue weighted by Crippen LogP contribution is 2.32. The predicted octanol–water partition coefficient (Wildman–Crippen LogP) is 2.64. The number of nitro benzene ring substituents is 1. The van der Waals surface area contributed by atoms with Crippen LogP contribution in [0, 0.1) is 28.4 Å². The number of nitriles is 1. The van der Waals surface area contributed by atoms with E-state index in [1.165, 1.54) is 12.1 Å². The quantitative estimate of drug-likeness (QED) is 0.468. The van der Waals surface area contributed by atoms with Gasteiger partial charge in [-0.05, 0) is 31.9 Å². The molecule has 0 aliphatic rings. The molecule has 106 valence electrons. The van der Waals surface area contributed by atoms with Crippen LogP contribution in [0.4, 0.5) is 5.69 Å². The van der Waals surface area contributed by atoms with Gasteiger partial charge in [-0.25, -0.2) is 0 Å². The summed E-state index contributed by atoms with van der Waals surface area (Å²) in [7, 11) is 0. The van der Waals surface area contributed by atoms with Crippen LogP contribution < -0.4 is 0 Å². The number of aryl methyl sites for hydroxylation is 1. The molecule has 1 aromatic rings. The Morgan fingerprint density at radius 1 is 1.55 bits per heavy atom. The number of carbonyl (C=O) groups excluding carboxylic acids is 1. The summed E-state index contributed by atoms with van der Waals surface area (Å²) in [6.45, 7) is 5.24. The molecule has 1 unspecified atom stereocenters. The number of benzene rings is 1. The number of rotatable bonds is 5. The summed E-state index contributed by atoms with van der Waals surface area (Å²) in [5.41, 5.74) is -0.0512. The van der Waals surface area contributed by atoms with E-state index in [1.807, 2.05) is 0 Å². The molecule has 1 aromatic carbocycles. The smallest absolute Gasteiger partial charge is 0.307 e. The first-order chi connectivity index (χ1) is 9.34. The molecule has 0 saturated heterocycles. The first kappa shape index (κ1) is 15.6. The topological polar surface area (TPSA) is 93.2 Å². The van der Waals surface area contributed by atoms with Crippen molar-refractivity contribution in [2.24, 2.45) is 0 Å². The second kappa shape index (κ2) is 6.15. The first-order valence-corrected chi connectivity index (χ1v) is 6.16. The van der Waals surface area contributed by atoms with Crippen LogP contribution in [0.1, 0.15) is 31.4 Å². The molecule has 6 heteroatoms. The number of non-ortho nitro benzene ring substituents is 1. The van der Waals surface area contributed by atoms with Crippen LogP contribution in [-0.4, -0.2) is 17.5 Å². The Hall–Kier alpha value is -2.42. The van der Waals surface area contributed by atoms with Gasteiger partial charge in [0.15, 0.2) is 0 Å². The summed E-state index contributed by atoms with van der Waals surface area (Å²) in [6, 6.07) is 6.37. The van der Waals surface area contributed by atoms with Gasteiger partial charge in [0.25, 0.3) is 5.69 Å². The third-order valence-corrected chi connectivity index (χ3v) is 3.08. The first-order valence-electron chi connectivity index (χ1n) is 6.16. The summed E-state index contributed by atoms with van der Waals surface area (Å²) in [4.78, 5) is 21.9. The number of ether oxygens (including phenoxy) is 1. The average molecular weight is 276 g/mol. The second-order valence-corrected chi connectivity index (χ2v) is 4.68. The summed E-state index contributed by atoms with van der Waals surface area (Å²) < 4.78 is 4.85. The molecule has 0 fully saturated rings. The number of hydrogen-bond acceptors (Lipinski definition) is 5. The largest absolute Gasteiger partial charge is 0.466 e. The molecule has 0 saturated carbocycles. The van der Waals surface area contributed by atoms with Gasteiger partial charge in [0.1, 0.15) is 0 Å². The van der Waals surface area contributed by atoms with Gasteiger partial charge in [0.2, 0.25) is 0 Å². The van der Waals surface area contributed by atoms with Gasteiger partial charge in [0, 0.05) is 12.1 Å². The lowest BCUT2D eigenvalue weighted by Gasteiger charge is -2.22. The summed E-state index contributed by atoms with van der Waals surface area (Å²) in [5, 5.41) is 20.2. The Balaban J connectivity index is 3.23. The highest BCUT2D eigenvalue weighted by Gasteiger charge is 2.33. The minimum atomic E-state index is -1.15. The summed E-state index contributed by atoms with van der Waals surface area (Å²) >= 11 is 0. The Kier molecular flexibility index (Phi) is 4.81. The molecular formula is C14H16N2O4. The maximum atomic E-state index is 11.6. The van der Waals surface area contributed by atoms with E-state index in [4.69, 9.17) is 4.74 Å². The molecule has 1 atom stereocenters. The van der Waals surface area contributed by atoms with Crippen molar-refractivity contribution < 1.29 is 14.5 Å². The molecule has 0 aliphatic carbocycles. The van der Waals surface area contributed by atoms with Gasteiger partial charge < -0.3 is 4.74 Å². The zero-order valence-electron chi connectivity index (χ0n) is 11.7. The third kappa shape index (κ3) is 3.32. The minimum absolute atomic E-state index is 0.101. The van der Waals surface area contributed by atoms with Crippen LogP contribution in [0.25, 0.3) is 0 Å². The van der Waals surface area contributed by atoms with Crippen molar-refractivity contribution in [3.05, 3.63) is 39.4 Å². The van der Waals surface area contributed by atoms with Gasteiger partial charge in [-0.15, -0.1) is 0 Å². The predicted molar refractivity (Wildman–Crippen MR) is 72.0 cm³/mol. The Morgan fingerprint density at radius 3 is 2.70 bits per heavy atom. The van der Waals surface area contributed by atoms with E-state index in [0.29, 0.717) is 5.56 Å². The van der Waals surface area contributed by atoms with E-state index in [1.54, 1.807) is 26.8 Å². The Morgan fingerprint density at radius 2 is 2.20 bits per heavy atom. The van der Waals surface area contributed by atoms with Gasteiger partial charge in [-0.1, -0.05) is 6.07 Å². The van der Waals surface area contributed by atoms with Crippen LogP contribution in [0.3, 0.4) is 0 Å². The van der Waals surface area contributed by atoms with Gasteiger partial charge in [0.05, 0.1) is 29.4 Å². The summed E-state index contributed by atoms with van der Waals surface area (Å²) in [5.74, 6) is -0.498. The molecular weight excluding hydrogens is 260 g/mol. The SMILES string of the molecule is CCOC(=O)CC(C)(C#N)c1cc([N+](=O)[O-])ccc1C. The Bertz CT molecular complexity index is 577. The maximum Gasteiger partial charge on any atom is 0.307 e. The highest BCUT2D eigenvalue weighted by molar-refractivity contribution is 5.72. The van der Waals surface area contributed by atoms with Gasteiger partial charge in [-0.2, -0.15) is 5.26 Å². The molecule has 0 amide bonds. The average Bonchev–Trinajstić information content (AvgIpc) is 2.38. The van der Waals surface area contributed by atoms with Crippen molar-refractivity contribution in [1.29, 1.82) is 5.26 Å². The molecule has 0 radical (unpaired) electrons. The normalized spacial score (nSPS) is 13.1. The third-order valence-electron chi connectivity index (χ3n) is 3.08. The zero-order chi connectivity index (χ0) is 15.3. The van der Waals surface area contributed by atoms with Crippen molar-refractivity contribution in [2.75, 3.05) is 6.61 Å². The van der Waals surface area contributed by atoms with E-state index in [0.717, 1.165) is 5.56 Å². The van der Waals surface area contributed by atoms with Crippen LogP contribution in [0.5, 0.6) is 0 Å². The van der Waals surface area contributed by atoms with Crippen LogP contribution in [0.15, 0.2) is 18.2 Å². The van der Waals surface area contributed by atoms with Crippen molar-refractivity contribution in [1.82, 2.24) is 0 Å². The number of carbonyl (C=O) groups is 1. The fourth-order valence-corrected chi connectivity index (χ4v) is 2.01. The van der Waals surface area contributed by atoms with Gasteiger partial charge >= 0.3 is 5.97 Å². The number of nitro groups is 1. The lowest BCUT2D eigenvalue weighted by atomic mass is 9.78. The van der Waals surface area contributed by atoms with Crippen molar-refractivity contribution >= 4 is 11.7 Å². The lowest BCUT2D eigenvalue weighted by Crippen LogP contribution is -2.26. The minimum Gasteiger partial charge on any atom is -0.466 e. The maximum absolute atomic E-state index is 11.6. The van der Waals surface area contributed by atoms with Crippen molar-refractivity contribution in [3.63, 3.8) is 0 Å². The fraction of sp³-hybridized carbons (Fsp3) is 0.429. The van der Waals surface area contributed by atoms with E-state index in [-0.39, 0.29) is 18.7 Å². The van der Waals surface area contributed by atoms with E-state index in [9.17, 15) is 20.2 Å². The summed E-state index contributed by atoms with van der Waals surface area (Å²) in [6.07, 6.45) is -0.140. The van der Waals surface area contributed by atoms with E-state index in [2.05, 4.69) is 6.07 Å². The van der Waals surface area contributed by atoms with Crippen LogP contribution in [0.2, 0.25) is 0 Å². The molecule has 0 bridgehead atoms. The molecule has 1 rings (SSSR count). The molecule has 0 heterocycles. The lowest BCUT2D eigenvalue weighted by molar-refractivity contribution is -0.385. The molecule has 0 aliphatic heterocycles. The fourth-order valence-electron chi connectivity index (χ4n) is 2.01. The molecule has 20 heavy (non-hydrogen) atoms. The Labute approximate surface area is 117 Å². The van der Waals surface area contributed by atoms with Crippen molar-refractivity contribution in [2.45, 2.75) is 32.6 Å². The number of esters is 1. The van der Waals surface area contributed by atoms with E-state index < -0.39 is 16.3 Å². The monoisotopic (exact) mass is 276 g/mol.